The van der Waals surface area contributed by atoms with Crippen molar-refractivity contribution in [3.8, 4) is 0 Å². The van der Waals surface area contributed by atoms with Gasteiger partial charge in [-0.2, -0.15) is 0 Å². The summed E-state index contributed by atoms with van der Waals surface area (Å²) in [6, 6.07) is 9.22. The van der Waals surface area contributed by atoms with Crippen LogP contribution in [0.25, 0.3) is 0 Å². The second-order valence-electron chi connectivity index (χ2n) is 3.34. The Kier molecular flexibility index (Phi) is 5.12. The average Bonchev–Trinajstić information content (AvgIpc) is 2.30. The Hall–Kier alpha value is -1.77. The minimum Gasteiger partial charge on any atom is -0.464 e. The fourth-order valence-corrected chi connectivity index (χ4v) is 1.36. The summed E-state index contributed by atoms with van der Waals surface area (Å²) < 4.78 is 4.98. The van der Waals surface area contributed by atoms with E-state index in [0.29, 0.717) is 13.0 Å². The highest BCUT2D eigenvalue weighted by Gasteiger charge is 2.17. The largest absolute Gasteiger partial charge is 0.464 e. The zero-order valence-corrected chi connectivity index (χ0v) is 9.48. The Morgan fingerprint density at radius 3 is 2.75 bits per heavy atom. The van der Waals surface area contributed by atoms with Gasteiger partial charge in [0.1, 0.15) is 6.04 Å². The number of benzene rings is 1. The number of hydrogen-bond donors (Lipinski definition) is 1. The van der Waals surface area contributed by atoms with Crippen LogP contribution in [-0.4, -0.2) is 18.6 Å². The van der Waals surface area contributed by atoms with Crippen LogP contribution in [0, 0.1) is 0 Å². The molecule has 0 aromatic heterocycles. The molecule has 0 aliphatic carbocycles. The Morgan fingerprint density at radius 1 is 1.50 bits per heavy atom. The summed E-state index contributed by atoms with van der Waals surface area (Å²) in [5.74, 6) is -0.244. The molecule has 0 amide bonds. The number of nitrogens with one attached hydrogen (secondary N) is 1. The van der Waals surface area contributed by atoms with E-state index >= 15 is 0 Å². The summed E-state index contributed by atoms with van der Waals surface area (Å²) >= 11 is 0. The van der Waals surface area contributed by atoms with Crippen LogP contribution in [0.4, 0.5) is 5.69 Å². The van der Waals surface area contributed by atoms with Crippen LogP contribution in [0.15, 0.2) is 43.0 Å². The van der Waals surface area contributed by atoms with Gasteiger partial charge in [-0.1, -0.05) is 24.3 Å². The van der Waals surface area contributed by atoms with Crippen molar-refractivity contribution in [2.45, 2.75) is 19.4 Å². The summed E-state index contributed by atoms with van der Waals surface area (Å²) in [7, 11) is 0. The van der Waals surface area contributed by atoms with Crippen molar-refractivity contribution in [2.75, 3.05) is 11.9 Å². The second-order valence-corrected chi connectivity index (χ2v) is 3.34. The molecular formula is C13H17NO2. The van der Waals surface area contributed by atoms with Crippen molar-refractivity contribution >= 4 is 11.7 Å². The van der Waals surface area contributed by atoms with Gasteiger partial charge in [-0.05, 0) is 25.5 Å². The molecule has 0 aliphatic heterocycles. The first-order chi connectivity index (χ1) is 7.77. The lowest BCUT2D eigenvalue weighted by Crippen LogP contribution is -2.30. The molecule has 0 unspecified atom stereocenters. The van der Waals surface area contributed by atoms with Gasteiger partial charge in [0.2, 0.25) is 0 Å². The van der Waals surface area contributed by atoms with Crippen molar-refractivity contribution < 1.29 is 9.53 Å². The number of anilines is 1. The number of rotatable bonds is 6. The fourth-order valence-electron chi connectivity index (χ4n) is 1.36. The van der Waals surface area contributed by atoms with E-state index in [9.17, 15) is 4.79 Å². The quantitative estimate of drug-likeness (QED) is 0.590. The van der Waals surface area contributed by atoms with E-state index in [1.807, 2.05) is 30.3 Å². The Balaban J connectivity index is 2.64. The van der Waals surface area contributed by atoms with E-state index < -0.39 is 0 Å². The average molecular weight is 219 g/mol. The molecule has 86 valence electrons. The first kappa shape index (κ1) is 12.3. The lowest BCUT2D eigenvalue weighted by Gasteiger charge is -2.16. The van der Waals surface area contributed by atoms with Gasteiger partial charge in [-0.3, -0.25) is 0 Å². The van der Waals surface area contributed by atoms with E-state index in [4.69, 9.17) is 4.74 Å². The lowest BCUT2D eigenvalue weighted by atomic mass is 10.2. The predicted molar refractivity (Wildman–Crippen MR) is 65.3 cm³/mol. The van der Waals surface area contributed by atoms with Crippen LogP contribution in [-0.2, 0) is 9.53 Å². The first-order valence-corrected chi connectivity index (χ1v) is 5.37. The molecule has 0 aliphatic rings. The van der Waals surface area contributed by atoms with Crippen LogP contribution in [0.3, 0.4) is 0 Å². The molecule has 16 heavy (non-hydrogen) atoms. The van der Waals surface area contributed by atoms with Gasteiger partial charge in [0.15, 0.2) is 0 Å². The van der Waals surface area contributed by atoms with Crippen LogP contribution in [0.1, 0.15) is 13.3 Å². The maximum atomic E-state index is 11.6. The van der Waals surface area contributed by atoms with Crippen LogP contribution < -0.4 is 5.32 Å². The lowest BCUT2D eigenvalue weighted by molar-refractivity contribution is -0.143. The van der Waals surface area contributed by atoms with Crippen molar-refractivity contribution in [1.29, 1.82) is 0 Å². The molecule has 1 atom stereocenters. The molecule has 0 spiro atoms. The Labute approximate surface area is 96.1 Å². The molecule has 1 N–H and O–H groups in total. The molecule has 1 rings (SSSR count). The first-order valence-electron chi connectivity index (χ1n) is 5.37. The Morgan fingerprint density at radius 2 is 2.19 bits per heavy atom. The zero-order chi connectivity index (χ0) is 11.8. The molecule has 0 saturated heterocycles. The number of para-hydroxylation sites is 1. The summed E-state index contributed by atoms with van der Waals surface area (Å²) in [5.41, 5.74) is 0.905. The highest BCUT2D eigenvalue weighted by molar-refractivity contribution is 5.79. The third-order valence-corrected chi connectivity index (χ3v) is 2.09. The molecule has 0 saturated carbocycles. The molecule has 0 radical (unpaired) electrons. The van der Waals surface area contributed by atoms with Gasteiger partial charge < -0.3 is 10.1 Å². The van der Waals surface area contributed by atoms with Crippen molar-refractivity contribution in [2.24, 2.45) is 0 Å². The standard InChI is InChI=1S/C13H17NO2/c1-3-8-12(13(15)16-4-2)14-11-9-6-5-7-10-11/h3,5-7,9-10,12,14H,1,4,8H2,2H3/t12-/m0/s1. The van der Waals surface area contributed by atoms with Crippen LogP contribution in [0.2, 0.25) is 0 Å². The van der Waals surface area contributed by atoms with Gasteiger partial charge in [0, 0.05) is 5.69 Å². The molecule has 0 fully saturated rings. The zero-order valence-electron chi connectivity index (χ0n) is 9.48. The van der Waals surface area contributed by atoms with E-state index in [-0.39, 0.29) is 12.0 Å². The SMILES string of the molecule is C=CC[C@H](Nc1ccccc1)C(=O)OCC. The van der Waals surface area contributed by atoms with Crippen molar-refractivity contribution in [3.05, 3.63) is 43.0 Å². The van der Waals surface area contributed by atoms with Gasteiger partial charge >= 0.3 is 5.97 Å². The summed E-state index contributed by atoms with van der Waals surface area (Å²) in [6.07, 6.45) is 2.26. The van der Waals surface area contributed by atoms with Crippen molar-refractivity contribution in [3.63, 3.8) is 0 Å². The van der Waals surface area contributed by atoms with E-state index in [1.165, 1.54) is 0 Å². The normalized spacial score (nSPS) is 11.6. The molecule has 1 aromatic rings. The van der Waals surface area contributed by atoms with E-state index in [0.717, 1.165) is 5.69 Å². The Bertz CT molecular complexity index is 335. The highest BCUT2D eigenvalue weighted by Crippen LogP contribution is 2.10. The van der Waals surface area contributed by atoms with Gasteiger partial charge in [0.25, 0.3) is 0 Å². The number of ether oxygens (including phenoxy) is 1. The highest BCUT2D eigenvalue weighted by atomic mass is 16.5. The van der Waals surface area contributed by atoms with Gasteiger partial charge in [-0.15, -0.1) is 6.58 Å². The number of hydrogen-bond acceptors (Lipinski definition) is 3. The summed E-state index contributed by atoms with van der Waals surface area (Å²) in [5, 5.41) is 3.12. The van der Waals surface area contributed by atoms with Crippen molar-refractivity contribution in [1.82, 2.24) is 0 Å². The molecule has 1 aromatic carbocycles. The third-order valence-electron chi connectivity index (χ3n) is 2.09. The molecule has 3 nitrogen and oxygen atoms in total. The van der Waals surface area contributed by atoms with E-state index in [1.54, 1.807) is 13.0 Å². The summed E-state index contributed by atoms with van der Waals surface area (Å²) in [4.78, 5) is 11.6. The fraction of sp³-hybridized carbons (Fsp3) is 0.308. The van der Waals surface area contributed by atoms with Gasteiger partial charge in [-0.25, -0.2) is 4.79 Å². The minimum atomic E-state index is -0.361. The smallest absolute Gasteiger partial charge is 0.328 e. The number of carbonyl (C=O) groups excluding carboxylic acids is 1. The molecule has 0 heterocycles. The maximum absolute atomic E-state index is 11.6. The second kappa shape index (κ2) is 6.67. The molecular weight excluding hydrogens is 202 g/mol. The number of esters is 1. The number of carbonyl (C=O) groups is 1. The summed E-state index contributed by atoms with van der Waals surface area (Å²) in [6.45, 7) is 5.83. The van der Waals surface area contributed by atoms with Crippen LogP contribution in [0.5, 0.6) is 0 Å². The predicted octanol–water partition coefficient (Wildman–Crippen LogP) is 2.61. The maximum Gasteiger partial charge on any atom is 0.328 e. The minimum absolute atomic E-state index is 0.244. The molecule has 0 bridgehead atoms. The molecule has 3 heteroatoms. The topological polar surface area (TPSA) is 38.3 Å². The monoisotopic (exact) mass is 219 g/mol. The van der Waals surface area contributed by atoms with Crippen LogP contribution >= 0.6 is 0 Å². The third kappa shape index (κ3) is 3.77. The van der Waals surface area contributed by atoms with E-state index in [2.05, 4.69) is 11.9 Å². The van der Waals surface area contributed by atoms with Gasteiger partial charge in [0.05, 0.1) is 6.61 Å².